The Kier molecular flexibility index (Phi) is 6.72. The number of ether oxygens (including phenoxy) is 1. The van der Waals surface area contributed by atoms with Gasteiger partial charge in [0.1, 0.15) is 5.75 Å². The van der Waals surface area contributed by atoms with Crippen LogP contribution in [0.5, 0.6) is 5.75 Å². The third kappa shape index (κ3) is 5.48. The van der Waals surface area contributed by atoms with Crippen molar-refractivity contribution in [3.63, 3.8) is 0 Å². The molecule has 0 radical (unpaired) electrons. The molecule has 0 aliphatic carbocycles. The average molecular weight is 410 g/mol. The molecule has 3 amide bonds. The van der Waals surface area contributed by atoms with E-state index in [-0.39, 0.29) is 36.6 Å². The highest BCUT2D eigenvalue weighted by Gasteiger charge is 2.34. The van der Waals surface area contributed by atoms with Gasteiger partial charge in [0.05, 0.1) is 18.4 Å². The SMILES string of the molecule is COc1ccc(/C=C2\SC(=O)N(CCNC(=O)Cc3ccc(C)cc3)C2=O)cc1. The van der Waals surface area contributed by atoms with Crippen LogP contribution in [0.1, 0.15) is 16.7 Å². The standard InChI is InChI=1S/C22H22N2O4S/c1-15-3-5-17(6-4-15)14-20(25)23-11-12-24-21(26)19(29-22(24)27)13-16-7-9-18(28-2)10-8-16/h3-10,13H,11-12,14H2,1-2H3,(H,23,25)/b19-13-. The smallest absolute Gasteiger partial charge is 0.293 e. The average Bonchev–Trinajstić information content (AvgIpc) is 2.97. The maximum absolute atomic E-state index is 12.5. The van der Waals surface area contributed by atoms with Gasteiger partial charge < -0.3 is 10.1 Å². The Morgan fingerprint density at radius 2 is 1.79 bits per heavy atom. The number of benzene rings is 2. The van der Waals surface area contributed by atoms with Gasteiger partial charge >= 0.3 is 0 Å². The fraction of sp³-hybridized carbons (Fsp3) is 0.227. The molecule has 1 aliphatic heterocycles. The summed E-state index contributed by atoms with van der Waals surface area (Å²) in [6.07, 6.45) is 1.94. The van der Waals surface area contributed by atoms with Crippen molar-refractivity contribution in [1.29, 1.82) is 0 Å². The third-order valence-corrected chi connectivity index (χ3v) is 5.34. The second kappa shape index (κ2) is 9.43. The fourth-order valence-corrected chi connectivity index (χ4v) is 3.67. The van der Waals surface area contributed by atoms with Crippen molar-refractivity contribution in [3.05, 3.63) is 70.1 Å². The maximum atomic E-state index is 12.5. The molecular formula is C22H22N2O4S. The molecule has 2 aromatic carbocycles. The van der Waals surface area contributed by atoms with E-state index in [1.54, 1.807) is 25.3 Å². The van der Waals surface area contributed by atoms with Crippen LogP contribution in [0.3, 0.4) is 0 Å². The summed E-state index contributed by atoms with van der Waals surface area (Å²) in [4.78, 5) is 38.3. The minimum Gasteiger partial charge on any atom is -0.497 e. The molecule has 29 heavy (non-hydrogen) atoms. The molecule has 1 aliphatic rings. The molecule has 0 aromatic heterocycles. The van der Waals surface area contributed by atoms with E-state index >= 15 is 0 Å². The zero-order chi connectivity index (χ0) is 20.8. The topological polar surface area (TPSA) is 75.7 Å². The van der Waals surface area contributed by atoms with Crippen LogP contribution in [0.25, 0.3) is 6.08 Å². The number of carbonyl (C=O) groups is 3. The molecule has 0 saturated carbocycles. The lowest BCUT2D eigenvalue weighted by molar-refractivity contribution is -0.124. The van der Waals surface area contributed by atoms with E-state index in [0.29, 0.717) is 4.91 Å². The molecule has 0 atom stereocenters. The lowest BCUT2D eigenvalue weighted by Gasteiger charge is -2.13. The van der Waals surface area contributed by atoms with E-state index < -0.39 is 0 Å². The Morgan fingerprint density at radius 1 is 1.10 bits per heavy atom. The summed E-state index contributed by atoms with van der Waals surface area (Å²) in [5, 5.41) is 2.43. The van der Waals surface area contributed by atoms with E-state index in [2.05, 4.69) is 5.32 Å². The van der Waals surface area contributed by atoms with Crippen molar-refractivity contribution in [2.45, 2.75) is 13.3 Å². The van der Waals surface area contributed by atoms with Gasteiger partial charge in [-0.1, -0.05) is 42.0 Å². The number of carbonyl (C=O) groups excluding carboxylic acids is 3. The predicted molar refractivity (Wildman–Crippen MR) is 114 cm³/mol. The Hall–Kier alpha value is -3.06. The molecule has 1 heterocycles. The Bertz CT molecular complexity index is 936. The van der Waals surface area contributed by atoms with Crippen molar-refractivity contribution in [2.75, 3.05) is 20.2 Å². The molecule has 0 unspecified atom stereocenters. The van der Waals surface area contributed by atoms with Crippen LogP contribution in [0.2, 0.25) is 0 Å². The summed E-state index contributed by atoms with van der Waals surface area (Å²) < 4.78 is 5.11. The largest absolute Gasteiger partial charge is 0.497 e. The number of nitrogens with zero attached hydrogens (tertiary/aromatic N) is 1. The summed E-state index contributed by atoms with van der Waals surface area (Å²) in [5.41, 5.74) is 2.86. The molecule has 1 N–H and O–H groups in total. The molecule has 0 spiro atoms. The van der Waals surface area contributed by atoms with Crippen molar-refractivity contribution < 1.29 is 19.1 Å². The number of methoxy groups -OCH3 is 1. The number of nitrogens with one attached hydrogen (secondary N) is 1. The third-order valence-electron chi connectivity index (χ3n) is 4.43. The number of aryl methyl sites for hydroxylation is 1. The Morgan fingerprint density at radius 3 is 2.45 bits per heavy atom. The molecule has 150 valence electrons. The predicted octanol–water partition coefficient (Wildman–Crippen LogP) is 3.40. The first-order valence-electron chi connectivity index (χ1n) is 9.18. The second-order valence-electron chi connectivity index (χ2n) is 6.62. The van der Waals surface area contributed by atoms with Crippen molar-refractivity contribution in [2.24, 2.45) is 0 Å². The lowest BCUT2D eigenvalue weighted by atomic mass is 10.1. The van der Waals surface area contributed by atoms with E-state index in [1.807, 2.05) is 43.3 Å². The molecule has 1 saturated heterocycles. The van der Waals surface area contributed by atoms with Crippen LogP contribution in [-0.2, 0) is 16.0 Å². The number of imide groups is 1. The monoisotopic (exact) mass is 410 g/mol. The van der Waals surface area contributed by atoms with E-state index in [1.165, 1.54) is 0 Å². The molecule has 6 nitrogen and oxygen atoms in total. The lowest BCUT2D eigenvalue weighted by Crippen LogP contribution is -2.37. The van der Waals surface area contributed by atoms with Gasteiger partial charge in [0, 0.05) is 13.1 Å². The number of hydrogen-bond donors (Lipinski definition) is 1. The summed E-state index contributed by atoms with van der Waals surface area (Å²) in [6, 6.07) is 15.0. The van der Waals surface area contributed by atoms with Crippen LogP contribution in [0.4, 0.5) is 4.79 Å². The van der Waals surface area contributed by atoms with Gasteiger partial charge in [0.2, 0.25) is 5.91 Å². The van der Waals surface area contributed by atoms with Gasteiger partial charge in [0.25, 0.3) is 11.1 Å². The number of thioether (sulfide) groups is 1. The van der Waals surface area contributed by atoms with Gasteiger partial charge in [-0.25, -0.2) is 0 Å². The van der Waals surface area contributed by atoms with Gasteiger partial charge in [-0.15, -0.1) is 0 Å². The first-order valence-corrected chi connectivity index (χ1v) is 9.99. The number of rotatable bonds is 7. The van der Waals surface area contributed by atoms with Crippen molar-refractivity contribution in [1.82, 2.24) is 10.2 Å². The minimum absolute atomic E-state index is 0.143. The normalized spacial score (nSPS) is 15.1. The summed E-state index contributed by atoms with van der Waals surface area (Å²) in [6.45, 7) is 2.35. The van der Waals surface area contributed by atoms with Crippen LogP contribution in [0, 0.1) is 6.92 Å². The number of amides is 3. The van der Waals surface area contributed by atoms with Crippen molar-refractivity contribution in [3.8, 4) is 5.75 Å². The second-order valence-corrected chi connectivity index (χ2v) is 7.61. The zero-order valence-electron chi connectivity index (χ0n) is 16.3. The van der Waals surface area contributed by atoms with Crippen LogP contribution < -0.4 is 10.1 Å². The maximum Gasteiger partial charge on any atom is 0.293 e. The van der Waals surface area contributed by atoms with E-state index in [0.717, 1.165) is 39.1 Å². The van der Waals surface area contributed by atoms with Gasteiger partial charge in [0.15, 0.2) is 0 Å². The van der Waals surface area contributed by atoms with E-state index in [4.69, 9.17) is 4.74 Å². The highest BCUT2D eigenvalue weighted by molar-refractivity contribution is 8.18. The Balaban J connectivity index is 1.52. The molecule has 2 aromatic rings. The Labute approximate surface area is 173 Å². The first kappa shape index (κ1) is 20.7. The highest BCUT2D eigenvalue weighted by atomic mass is 32.2. The summed E-state index contributed by atoms with van der Waals surface area (Å²) >= 11 is 0.904. The molecule has 1 fully saturated rings. The van der Waals surface area contributed by atoms with Crippen LogP contribution in [-0.4, -0.2) is 42.2 Å². The van der Waals surface area contributed by atoms with Gasteiger partial charge in [-0.05, 0) is 48.0 Å². The van der Waals surface area contributed by atoms with Gasteiger partial charge in [-0.3, -0.25) is 19.3 Å². The number of hydrogen-bond acceptors (Lipinski definition) is 5. The molecule has 7 heteroatoms. The van der Waals surface area contributed by atoms with Crippen LogP contribution >= 0.6 is 11.8 Å². The molecular weight excluding hydrogens is 388 g/mol. The zero-order valence-corrected chi connectivity index (χ0v) is 17.1. The van der Waals surface area contributed by atoms with E-state index in [9.17, 15) is 14.4 Å². The molecule has 3 rings (SSSR count). The fourth-order valence-electron chi connectivity index (χ4n) is 2.81. The summed E-state index contributed by atoms with van der Waals surface area (Å²) in [7, 11) is 1.58. The van der Waals surface area contributed by atoms with Crippen LogP contribution in [0.15, 0.2) is 53.4 Å². The quantitative estimate of drug-likeness (QED) is 0.708. The summed E-state index contributed by atoms with van der Waals surface area (Å²) in [5.74, 6) is 0.231. The van der Waals surface area contributed by atoms with Crippen molar-refractivity contribution >= 4 is 34.9 Å². The first-order chi connectivity index (χ1) is 14.0. The van der Waals surface area contributed by atoms with Gasteiger partial charge in [-0.2, -0.15) is 0 Å². The minimum atomic E-state index is -0.344. The molecule has 0 bridgehead atoms. The highest BCUT2D eigenvalue weighted by Crippen LogP contribution is 2.32.